The van der Waals surface area contributed by atoms with Crippen molar-refractivity contribution < 1.29 is 4.74 Å². The summed E-state index contributed by atoms with van der Waals surface area (Å²) in [4.78, 5) is 4.29. The van der Waals surface area contributed by atoms with Gasteiger partial charge in [-0.25, -0.2) is 4.98 Å². The zero-order chi connectivity index (χ0) is 13.0. The van der Waals surface area contributed by atoms with Crippen LogP contribution < -0.4 is 10.1 Å². The SMILES string of the molecule is CCNCCc1cn(CC)c2cnc(OC)cc12. The highest BCUT2D eigenvalue weighted by Gasteiger charge is 2.09. The molecule has 0 aromatic carbocycles. The van der Waals surface area contributed by atoms with Gasteiger partial charge in [0.25, 0.3) is 0 Å². The molecule has 2 aromatic rings. The number of hydrogen-bond donors (Lipinski definition) is 1. The first-order chi connectivity index (χ1) is 8.80. The number of methoxy groups -OCH3 is 1. The summed E-state index contributed by atoms with van der Waals surface area (Å²) in [5, 5.41) is 4.61. The molecule has 4 nitrogen and oxygen atoms in total. The lowest BCUT2D eigenvalue weighted by Crippen LogP contribution is -2.15. The van der Waals surface area contributed by atoms with Crippen LogP contribution in [0.3, 0.4) is 0 Å². The van der Waals surface area contributed by atoms with Crippen molar-refractivity contribution in [2.24, 2.45) is 0 Å². The second-order valence-electron chi connectivity index (χ2n) is 4.29. The molecule has 0 aliphatic rings. The number of ether oxygens (including phenoxy) is 1. The monoisotopic (exact) mass is 247 g/mol. The molecule has 0 aliphatic heterocycles. The summed E-state index contributed by atoms with van der Waals surface area (Å²) in [5.74, 6) is 0.682. The maximum atomic E-state index is 5.21. The molecule has 1 N–H and O–H groups in total. The summed E-state index contributed by atoms with van der Waals surface area (Å²) in [7, 11) is 1.66. The van der Waals surface area contributed by atoms with E-state index in [-0.39, 0.29) is 0 Å². The molecule has 18 heavy (non-hydrogen) atoms. The van der Waals surface area contributed by atoms with E-state index in [1.807, 2.05) is 12.3 Å². The molecule has 2 rings (SSSR count). The summed E-state index contributed by atoms with van der Waals surface area (Å²) in [6.07, 6.45) is 5.15. The maximum Gasteiger partial charge on any atom is 0.213 e. The number of aromatic nitrogens is 2. The molecule has 98 valence electrons. The lowest BCUT2D eigenvalue weighted by molar-refractivity contribution is 0.398. The minimum Gasteiger partial charge on any atom is -0.481 e. The molecule has 0 unspecified atom stereocenters. The van der Waals surface area contributed by atoms with E-state index < -0.39 is 0 Å². The van der Waals surface area contributed by atoms with Crippen LogP contribution in [-0.4, -0.2) is 29.8 Å². The average molecular weight is 247 g/mol. The first kappa shape index (κ1) is 12.9. The lowest BCUT2D eigenvalue weighted by atomic mass is 10.1. The molecular weight excluding hydrogens is 226 g/mol. The smallest absolute Gasteiger partial charge is 0.213 e. The molecular formula is C14H21N3O. The Morgan fingerprint density at radius 3 is 2.89 bits per heavy atom. The molecule has 0 saturated carbocycles. The first-order valence-corrected chi connectivity index (χ1v) is 6.52. The van der Waals surface area contributed by atoms with E-state index in [0.29, 0.717) is 5.88 Å². The van der Waals surface area contributed by atoms with Gasteiger partial charge in [0.1, 0.15) is 0 Å². The van der Waals surface area contributed by atoms with Crippen LogP contribution in [0.4, 0.5) is 0 Å². The Morgan fingerprint density at radius 1 is 1.39 bits per heavy atom. The Kier molecular flexibility index (Phi) is 4.20. The van der Waals surface area contributed by atoms with Gasteiger partial charge in [-0.1, -0.05) is 6.92 Å². The Hall–Kier alpha value is -1.55. The zero-order valence-electron chi connectivity index (χ0n) is 11.4. The predicted octanol–water partition coefficient (Wildman–Crippen LogP) is 2.22. The fourth-order valence-corrected chi connectivity index (χ4v) is 2.21. The van der Waals surface area contributed by atoms with Gasteiger partial charge in [0.15, 0.2) is 0 Å². The van der Waals surface area contributed by atoms with Crippen LogP contribution in [0.5, 0.6) is 5.88 Å². The number of nitrogens with zero attached hydrogens (tertiary/aromatic N) is 2. The standard InChI is InChI=1S/C14H21N3O/c1-4-15-7-6-11-10-17(5-2)13-9-16-14(18-3)8-12(11)13/h8-10,15H,4-7H2,1-3H3. The van der Waals surface area contributed by atoms with Gasteiger partial charge in [-0.05, 0) is 32.0 Å². The number of fused-ring (bicyclic) bond motifs is 1. The number of likely N-dealkylation sites (N-methyl/N-ethyl adjacent to an activating group) is 1. The van der Waals surface area contributed by atoms with Crippen molar-refractivity contribution in [3.8, 4) is 5.88 Å². The van der Waals surface area contributed by atoms with Crippen molar-refractivity contribution in [3.05, 3.63) is 24.0 Å². The number of nitrogens with one attached hydrogen (secondary N) is 1. The summed E-state index contributed by atoms with van der Waals surface area (Å²) >= 11 is 0. The lowest BCUT2D eigenvalue weighted by Gasteiger charge is -2.02. The topological polar surface area (TPSA) is 39.1 Å². The van der Waals surface area contributed by atoms with Crippen molar-refractivity contribution in [2.75, 3.05) is 20.2 Å². The number of hydrogen-bond acceptors (Lipinski definition) is 3. The zero-order valence-corrected chi connectivity index (χ0v) is 11.4. The highest BCUT2D eigenvalue weighted by molar-refractivity contribution is 5.84. The number of rotatable bonds is 6. The molecule has 0 fully saturated rings. The largest absolute Gasteiger partial charge is 0.481 e. The Morgan fingerprint density at radius 2 is 2.22 bits per heavy atom. The van der Waals surface area contributed by atoms with Gasteiger partial charge in [0.05, 0.1) is 18.8 Å². The van der Waals surface area contributed by atoms with Gasteiger partial charge in [-0.2, -0.15) is 0 Å². The van der Waals surface area contributed by atoms with E-state index >= 15 is 0 Å². The molecule has 2 heterocycles. The van der Waals surface area contributed by atoms with Crippen molar-refractivity contribution in [1.29, 1.82) is 0 Å². The van der Waals surface area contributed by atoms with Crippen molar-refractivity contribution in [1.82, 2.24) is 14.9 Å². The van der Waals surface area contributed by atoms with E-state index in [4.69, 9.17) is 4.74 Å². The first-order valence-electron chi connectivity index (χ1n) is 6.52. The van der Waals surface area contributed by atoms with Gasteiger partial charge in [0, 0.05) is 24.2 Å². The van der Waals surface area contributed by atoms with E-state index in [9.17, 15) is 0 Å². The van der Waals surface area contributed by atoms with Gasteiger partial charge in [-0.3, -0.25) is 0 Å². The fourth-order valence-electron chi connectivity index (χ4n) is 2.21. The van der Waals surface area contributed by atoms with E-state index in [2.05, 4.69) is 34.9 Å². The Balaban J connectivity index is 2.37. The number of pyridine rings is 1. The fraction of sp³-hybridized carbons (Fsp3) is 0.500. The summed E-state index contributed by atoms with van der Waals surface area (Å²) in [6, 6.07) is 2.03. The second kappa shape index (κ2) is 5.87. The van der Waals surface area contributed by atoms with Crippen LogP contribution in [0.1, 0.15) is 19.4 Å². The van der Waals surface area contributed by atoms with Crippen molar-refractivity contribution in [2.45, 2.75) is 26.8 Å². The normalized spacial score (nSPS) is 11.1. The third kappa shape index (κ3) is 2.48. The third-order valence-electron chi connectivity index (χ3n) is 3.20. The minimum absolute atomic E-state index is 0.682. The highest BCUT2D eigenvalue weighted by atomic mass is 16.5. The Labute approximate surface area is 108 Å². The van der Waals surface area contributed by atoms with Crippen molar-refractivity contribution >= 4 is 10.9 Å². The van der Waals surface area contributed by atoms with Crippen LogP contribution in [0.25, 0.3) is 10.9 Å². The van der Waals surface area contributed by atoms with Crippen LogP contribution >= 0.6 is 0 Å². The van der Waals surface area contributed by atoms with Crippen LogP contribution in [0.2, 0.25) is 0 Å². The quantitative estimate of drug-likeness (QED) is 0.796. The van der Waals surface area contributed by atoms with E-state index in [0.717, 1.165) is 26.1 Å². The summed E-state index contributed by atoms with van der Waals surface area (Å²) < 4.78 is 7.45. The van der Waals surface area contributed by atoms with Crippen LogP contribution in [0.15, 0.2) is 18.5 Å². The highest BCUT2D eigenvalue weighted by Crippen LogP contribution is 2.24. The van der Waals surface area contributed by atoms with E-state index in [1.54, 1.807) is 7.11 Å². The molecule has 2 aromatic heterocycles. The summed E-state index contributed by atoms with van der Waals surface area (Å²) in [5.41, 5.74) is 2.54. The molecule has 0 atom stereocenters. The third-order valence-corrected chi connectivity index (χ3v) is 3.20. The Bertz CT molecular complexity index is 519. The van der Waals surface area contributed by atoms with Gasteiger partial charge in [0.2, 0.25) is 5.88 Å². The molecule has 0 radical (unpaired) electrons. The summed E-state index contributed by atoms with van der Waals surface area (Å²) in [6.45, 7) is 7.26. The van der Waals surface area contributed by atoms with Crippen LogP contribution in [-0.2, 0) is 13.0 Å². The van der Waals surface area contributed by atoms with Crippen molar-refractivity contribution in [3.63, 3.8) is 0 Å². The average Bonchev–Trinajstić information content (AvgIpc) is 2.76. The maximum absolute atomic E-state index is 5.21. The molecule has 0 saturated heterocycles. The van der Waals surface area contributed by atoms with Gasteiger partial charge < -0.3 is 14.6 Å². The molecule has 0 amide bonds. The second-order valence-corrected chi connectivity index (χ2v) is 4.29. The molecule has 0 bridgehead atoms. The minimum atomic E-state index is 0.682. The molecule has 0 spiro atoms. The van der Waals surface area contributed by atoms with Crippen LogP contribution in [0, 0.1) is 0 Å². The molecule has 0 aliphatic carbocycles. The number of aryl methyl sites for hydroxylation is 1. The van der Waals surface area contributed by atoms with Gasteiger partial charge in [-0.15, -0.1) is 0 Å². The predicted molar refractivity (Wildman–Crippen MR) is 74.2 cm³/mol. The van der Waals surface area contributed by atoms with Gasteiger partial charge >= 0.3 is 0 Å². The molecule has 4 heteroatoms. The van der Waals surface area contributed by atoms with E-state index in [1.165, 1.54) is 16.5 Å².